The van der Waals surface area contributed by atoms with Gasteiger partial charge in [-0.05, 0) is 36.8 Å². The first-order chi connectivity index (χ1) is 8.56. The van der Waals surface area contributed by atoms with Gasteiger partial charge in [0, 0.05) is 6.42 Å². The molecule has 1 aromatic rings. The van der Waals surface area contributed by atoms with E-state index in [2.05, 4.69) is 0 Å². The second-order valence-electron chi connectivity index (χ2n) is 4.72. The number of esters is 1. The van der Waals surface area contributed by atoms with Gasteiger partial charge in [-0.3, -0.25) is 4.79 Å². The molecule has 1 atom stereocenters. The van der Waals surface area contributed by atoms with Crippen LogP contribution in [0.1, 0.15) is 45.1 Å². The van der Waals surface area contributed by atoms with Gasteiger partial charge in [-0.1, -0.05) is 32.0 Å². The van der Waals surface area contributed by atoms with Crippen LogP contribution in [0.15, 0.2) is 24.3 Å². The Bertz CT molecular complexity index is 388. The average Bonchev–Trinajstić information content (AvgIpc) is 2.31. The van der Waals surface area contributed by atoms with E-state index in [0.29, 0.717) is 25.0 Å². The highest BCUT2D eigenvalue weighted by molar-refractivity contribution is 5.69. The van der Waals surface area contributed by atoms with Crippen LogP contribution < -0.4 is 0 Å². The van der Waals surface area contributed by atoms with E-state index in [0.717, 1.165) is 0 Å². The molecule has 0 aliphatic carbocycles. The van der Waals surface area contributed by atoms with Gasteiger partial charge in [0.05, 0.1) is 6.61 Å². The minimum absolute atomic E-state index is 0.0515. The van der Waals surface area contributed by atoms with Gasteiger partial charge in [0.15, 0.2) is 0 Å². The van der Waals surface area contributed by atoms with Gasteiger partial charge in [0.25, 0.3) is 0 Å². The molecular weight excluding hydrogens is 231 g/mol. The Labute approximate surface area is 108 Å². The fourth-order valence-corrected chi connectivity index (χ4v) is 2.13. The van der Waals surface area contributed by atoms with E-state index < -0.39 is 0 Å². The summed E-state index contributed by atoms with van der Waals surface area (Å²) >= 11 is 0. The van der Waals surface area contributed by atoms with Crippen LogP contribution in [-0.4, -0.2) is 12.6 Å². The Kier molecular flexibility index (Phi) is 5.83. The maximum absolute atomic E-state index is 13.8. The van der Waals surface area contributed by atoms with Crippen molar-refractivity contribution in [1.82, 2.24) is 0 Å². The van der Waals surface area contributed by atoms with E-state index in [1.807, 2.05) is 19.9 Å². The molecule has 0 fully saturated rings. The van der Waals surface area contributed by atoms with Crippen LogP contribution >= 0.6 is 0 Å². The fourth-order valence-electron chi connectivity index (χ4n) is 2.13. The Hall–Kier alpha value is -1.38. The second kappa shape index (κ2) is 7.14. The van der Waals surface area contributed by atoms with E-state index >= 15 is 0 Å². The summed E-state index contributed by atoms with van der Waals surface area (Å²) in [6, 6.07) is 6.78. The second-order valence-corrected chi connectivity index (χ2v) is 4.72. The number of ether oxygens (including phenoxy) is 1. The molecule has 0 N–H and O–H groups in total. The van der Waals surface area contributed by atoms with Crippen molar-refractivity contribution in [3.63, 3.8) is 0 Å². The minimum Gasteiger partial charge on any atom is -0.466 e. The summed E-state index contributed by atoms with van der Waals surface area (Å²) in [4.78, 5) is 11.4. The number of carbonyl (C=O) groups is 1. The van der Waals surface area contributed by atoms with Crippen LogP contribution in [0.4, 0.5) is 4.39 Å². The third-order valence-electron chi connectivity index (χ3n) is 3.07. The van der Waals surface area contributed by atoms with E-state index in [4.69, 9.17) is 4.74 Å². The first-order valence-electron chi connectivity index (χ1n) is 6.46. The molecule has 0 aromatic heterocycles. The maximum atomic E-state index is 13.8. The summed E-state index contributed by atoms with van der Waals surface area (Å²) in [7, 11) is 0. The molecule has 0 aliphatic rings. The van der Waals surface area contributed by atoms with Gasteiger partial charge in [0.2, 0.25) is 0 Å². The van der Waals surface area contributed by atoms with E-state index in [9.17, 15) is 9.18 Å². The molecule has 100 valence electrons. The first-order valence-corrected chi connectivity index (χ1v) is 6.46. The van der Waals surface area contributed by atoms with Gasteiger partial charge in [-0.15, -0.1) is 0 Å². The lowest BCUT2D eigenvalue weighted by molar-refractivity contribution is -0.143. The van der Waals surface area contributed by atoms with Crippen molar-refractivity contribution in [3.05, 3.63) is 35.6 Å². The van der Waals surface area contributed by atoms with Gasteiger partial charge in [-0.2, -0.15) is 0 Å². The molecule has 0 amide bonds. The Morgan fingerprint density at radius 1 is 1.33 bits per heavy atom. The third kappa shape index (κ3) is 4.13. The molecule has 0 heterocycles. The van der Waals surface area contributed by atoms with Crippen LogP contribution in [0.2, 0.25) is 0 Å². The zero-order valence-corrected chi connectivity index (χ0v) is 11.3. The summed E-state index contributed by atoms with van der Waals surface area (Å²) in [5, 5.41) is 0. The molecule has 1 rings (SSSR count). The quantitative estimate of drug-likeness (QED) is 0.717. The molecule has 0 saturated carbocycles. The third-order valence-corrected chi connectivity index (χ3v) is 3.07. The van der Waals surface area contributed by atoms with Crippen LogP contribution in [-0.2, 0) is 9.53 Å². The average molecular weight is 252 g/mol. The van der Waals surface area contributed by atoms with E-state index in [1.165, 1.54) is 6.07 Å². The molecular formula is C15H21FO2. The van der Waals surface area contributed by atoms with Crippen molar-refractivity contribution in [2.45, 2.75) is 39.5 Å². The highest BCUT2D eigenvalue weighted by Gasteiger charge is 2.20. The van der Waals surface area contributed by atoms with Crippen LogP contribution in [0, 0.1) is 11.7 Å². The minimum atomic E-state index is -0.209. The highest BCUT2D eigenvalue weighted by atomic mass is 19.1. The molecule has 3 heteroatoms. The van der Waals surface area contributed by atoms with Crippen molar-refractivity contribution in [2.24, 2.45) is 5.92 Å². The smallest absolute Gasteiger partial charge is 0.305 e. The monoisotopic (exact) mass is 252 g/mol. The van der Waals surface area contributed by atoms with E-state index in [-0.39, 0.29) is 23.6 Å². The van der Waals surface area contributed by atoms with Crippen LogP contribution in [0.3, 0.4) is 0 Å². The van der Waals surface area contributed by atoms with Crippen molar-refractivity contribution in [2.75, 3.05) is 6.61 Å². The fraction of sp³-hybridized carbons (Fsp3) is 0.533. The number of benzene rings is 1. The Morgan fingerprint density at radius 3 is 2.56 bits per heavy atom. The predicted molar refractivity (Wildman–Crippen MR) is 69.8 cm³/mol. The van der Waals surface area contributed by atoms with Gasteiger partial charge >= 0.3 is 5.97 Å². The number of rotatable bonds is 6. The predicted octanol–water partition coefficient (Wildman–Crippen LogP) is 3.91. The molecule has 2 nitrogen and oxygen atoms in total. The van der Waals surface area contributed by atoms with Crippen molar-refractivity contribution in [3.8, 4) is 0 Å². The summed E-state index contributed by atoms with van der Waals surface area (Å²) in [5.74, 6) is -0.0634. The summed E-state index contributed by atoms with van der Waals surface area (Å²) in [5.41, 5.74) is 0.691. The molecule has 0 radical (unpaired) electrons. The number of halogens is 1. The van der Waals surface area contributed by atoms with E-state index in [1.54, 1.807) is 19.1 Å². The lowest BCUT2D eigenvalue weighted by Gasteiger charge is -2.21. The number of hydrogen-bond donors (Lipinski definition) is 0. The summed E-state index contributed by atoms with van der Waals surface area (Å²) in [6.45, 7) is 6.27. The normalized spacial score (nSPS) is 12.5. The highest BCUT2D eigenvalue weighted by Crippen LogP contribution is 2.30. The van der Waals surface area contributed by atoms with Gasteiger partial charge in [0.1, 0.15) is 5.82 Å². The lowest BCUT2D eigenvalue weighted by Crippen LogP contribution is -2.12. The van der Waals surface area contributed by atoms with Crippen LogP contribution in [0.25, 0.3) is 0 Å². The molecule has 0 bridgehead atoms. The molecule has 18 heavy (non-hydrogen) atoms. The standard InChI is InChI=1S/C15H21FO2/c1-4-18-15(17)10-9-12(11(2)3)13-7-5-6-8-14(13)16/h5-8,11-12H,4,9-10H2,1-3H3. The number of hydrogen-bond acceptors (Lipinski definition) is 2. The summed E-state index contributed by atoms with van der Waals surface area (Å²) in [6.07, 6.45) is 0.961. The van der Waals surface area contributed by atoms with Crippen molar-refractivity contribution < 1.29 is 13.9 Å². The van der Waals surface area contributed by atoms with Crippen molar-refractivity contribution >= 4 is 5.97 Å². The summed E-state index contributed by atoms with van der Waals surface area (Å²) < 4.78 is 18.7. The van der Waals surface area contributed by atoms with Gasteiger partial charge in [-0.25, -0.2) is 4.39 Å². The lowest BCUT2D eigenvalue weighted by atomic mass is 9.84. The zero-order chi connectivity index (χ0) is 13.5. The SMILES string of the molecule is CCOC(=O)CCC(c1ccccc1F)C(C)C. The van der Waals surface area contributed by atoms with Crippen molar-refractivity contribution in [1.29, 1.82) is 0 Å². The molecule has 0 spiro atoms. The molecule has 1 unspecified atom stereocenters. The molecule has 1 aromatic carbocycles. The van der Waals surface area contributed by atoms with Crippen LogP contribution in [0.5, 0.6) is 0 Å². The Balaban J connectivity index is 2.72. The van der Waals surface area contributed by atoms with Gasteiger partial charge < -0.3 is 4.74 Å². The topological polar surface area (TPSA) is 26.3 Å². The largest absolute Gasteiger partial charge is 0.466 e. The maximum Gasteiger partial charge on any atom is 0.305 e. The number of carbonyl (C=O) groups excluding carboxylic acids is 1. The first kappa shape index (κ1) is 14.7. The molecule has 0 saturated heterocycles. The molecule has 0 aliphatic heterocycles. The Morgan fingerprint density at radius 2 is 2.00 bits per heavy atom. The zero-order valence-electron chi connectivity index (χ0n) is 11.3.